The molecule has 1 amide bonds. The summed E-state index contributed by atoms with van der Waals surface area (Å²) in [7, 11) is 1.71. The van der Waals surface area contributed by atoms with Crippen molar-refractivity contribution in [1.29, 1.82) is 0 Å². The number of nitrogens with zero attached hydrogens (tertiary/aromatic N) is 3. The van der Waals surface area contributed by atoms with Crippen LogP contribution < -0.4 is 16.4 Å². The standard InChI is InChI=1S/C11H17N7O/c1-5(2)6(8(12)19)16-10-7-9(15-4-14-7)17-11(13-3)18-10/h4-6H,1-3H3,(H2,12,19)(H3,13,14,15,16,17,18). The summed E-state index contributed by atoms with van der Waals surface area (Å²) in [5.74, 6) is 0.550. The zero-order valence-corrected chi connectivity index (χ0v) is 11.1. The van der Waals surface area contributed by atoms with Crippen LogP contribution in [0, 0.1) is 5.92 Å². The van der Waals surface area contributed by atoms with E-state index in [0.29, 0.717) is 22.9 Å². The molecule has 102 valence electrons. The Morgan fingerprint density at radius 2 is 2.16 bits per heavy atom. The van der Waals surface area contributed by atoms with Crippen molar-refractivity contribution < 1.29 is 4.79 Å². The van der Waals surface area contributed by atoms with Crippen LogP contribution in [0.25, 0.3) is 11.2 Å². The molecule has 0 aliphatic rings. The Bertz CT molecular complexity index is 592. The minimum absolute atomic E-state index is 0.0449. The average Bonchev–Trinajstić information content (AvgIpc) is 2.82. The second-order valence-electron chi connectivity index (χ2n) is 4.52. The van der Waals surface area contributed by atoms with Crippen molar-refractivity contribution in [2.24, 2.45) is 11.7 Å². The average molecular weight is 263 g/mol. The van der Waals surface area contributed by atoms with Crippen molar-refractivity contribution in [3.63, 3.8) is 0 Å². The van der Waals surface area contributed by atoms with Crippen molar-refractivity contribution in [3.8, 4) is 0 Å². The van der Waals surface area contributed by atoms with Gasteiger partial charge in [-0.15, -0.1) is 0 Å². The molecule has 0 aliphatic carbocycles. The SMILES string of the molecule is CNc1nc(NC(C(N)=O)C(C)C)c2[nH]cnc2n1. The number of nitrogens with one attached hydrogen (secondary N) is 3. The van der Waals surface area contributed by atoms with Crippen LogP contribution in [0.4, 0.5) is 11.8 Å². The molecule has 1 atom stereocenters. The molecule has 0 bridgehead atoms. The Morgan fingerprint density at radius 3 is 2.74 bits per heavy atom. The number of primary amides is 1. The number of hydrogen-bond donors (Lipinski definition) is 4. The third-order valence-corrected chi connectivity index (χ3v) is 2.77. The van der Waals surface area contributed by atoms with Gasteiger partial charge >= 0.3 is 0 Å². The summed E-state index contributed by atoms with van der Waals surface area (Å²) in [6.07, 6.45) is 1.53. The third kappa shape index (κ3) is 2.56. The predicted molar refractivity (Wildman–Crippen MR) is 72.7 cm³/mol. The van der Waals surface area contributed by atoms with Gasteiger partial charge in [-0.3, -0.25) is 4.79 Å². The first-order valence-corrected chi connectivity index (χ1v) is 5.97. The van der Waals surface area contributed by atoms with Gasteiger partial charge in [-0.25, -0.2) is 4.98 Å². The largest absolute Gasteiger partial charge is 0.368 e. The molecule has 19 heavy (non-hydrogen) atoms. The highest BCUT2D eigenvalue weighted by Crippen LogP contribution is 2.20. The lowest BCUT2D eigenvalue weighted by Crippen LogP contribution is -2.39. The number of carbonyl (C=O) groups excluding carboxylic acids is 1. The molecule has 0 aliphatic heterocycles. The van der Waals surface area contributed by atoms with Crippen LogP contribution in [0.5, 0.6) is 0 Å². The van der Waals surface area contributed by atoms with Gasteiger partial charge in [0.25, 0.3) is 0 Å². The lowest BCUT2D eigenvalue weighted by atomic mass is 10.0. The van der Waals surface area contributed by atoms with E-state index in [9.17, 15) is 4.79 Å². The number of aromatic nitrogens is 4. The van der Waals surface area contributed by atoms with Crippen LogP contribution in [0.3, 0.4) is 0 Å². The van der Waals surface area contributed by atoms with Gasteiger partial charge in [-0.1, -0.05) is 13.8 Å². The molecule has 0 saturated heterocycles. The molecule has 0 fully saturated rings. The minimum Gasteiger partial charge on any atom is -0.368 e. The van der Waals surface area contributed by atoms with E-state index >= 15 is 0 Å². The fraction of sp³-hybridized carbons (Fsp3) is 0.455. The molecule has 0 saturated carbocycles. The molecular formula is C11H17N7O. The second kappa shape index (κ2) is 5.09. The number of carbonyl (C=O) groups is 1. The van der Waals surface area contributed by atoms with Crippen LogP contribution in [0.2, 0.25) is 0 Å². The summed E-state index contributed by atoms with van der Waals surface area (Å²) < 4.78 is 0. The van der Waals surface area contributed by atoms with E-state index in [4.69, 9.17) is 5.73 Å². The van der Waals surface area contributed by atoms with Crippen LogP contribution >= 0.6 is 0 Å². The molecule has 0 spiro atoms. The van der Waals surface area contributed by atoms with E-state index in [0.717, 1.165) is 0 Å². The van der Waals surface area contributed by atoms with Crippen molar-refractivity contribution in [3.05, 3.63) is 6.33 Å². The van der Waals surface area contributed by atoms with Crippen LogP contribution in [0.1, 0.15) is 13.8 Å². The summed E-state index contributed by atoms with van der Waals surface area (Å²) in [6, 6.07) is -0.508. The van der Waals surface area contributed by atoms with Crippen LogP contribution in [-0.4, -0.2) is 38.9 Å². The van der Waals surface area contributed by atoms with Crippen molar-refractivity contribution in [2.75, 3.05) is 17.7 Å². The van der Waals surface area contributed by atoms with Gasteiger partial charge in [0, 0.05) is 7.05 Å². The van der Waals surface area contributed by atoms with Gasteiger partial charge in [0.2, 0.25) is 11.9 Å². The van der Waals surface area contributed by atoms with Gasteiger partial charge < -0.3 is 21.4 Å². The number of anilines is 2. The molecule has 2 aromatic rings. The highest BCUT2D eigenvalue weighted by molar-refractivity contribution is 5.88. The Balaban J connectivity index is 2.43. The summed E-state index contributed by atoms with van der Waals surface area (Å²) in [5, 5.41) is 5.89. The molecule has 8 heteroatoms. The van der Waals surface area contributed by atoms with Gasteiger partial charge in [0.1, 0.15) is 11.6 Å². The van der Waals surface area contributed by atoms with Crippen LogP contribution in [0.15, 0.2) is 6.33 Å². The smallest absolute Gasteiger partial charge is 0.240 e. The highest BCUT2D eigenvalue weighted by atomic mass is 16.1. The lowest BCUT2D eigenvalue weighted by Gasteiger charge is -2.19. The van der Waals surface area contributed by atoms with E-state index in [1.807, 2.05) is 13.8 Å². The monoisotopic (exact) mass is 263 g/mol. The molecule has 8 nitrogen and oxygen atoms in total. The maximum Gasteiger partial charge on any atom is 0.240 e. The van der Waals surface area contributed by atoms with Crippen molar-refractivity contribution in [1.82, 2.24) is 19.9 Å². The Morgan fingerprint density at radius 1 is 1.42 bits per heavy atom. The molecule has 0 radical (unpaired) electrons. The Kier molecular flexibility index (Phi) is 3.50. The topological polar surface area (TPSA) is 122 Å². The predicted octanol–water partition coefficient (Wildman–Crippen LogP) is 0.316. The fourth-order valence-corrected chi connectivity index (χ4v) is 1.76. The summed E-state index contributed by atoms with van der Waals surface area (Å²) in [4.78, 5) is 26.9. The van der Waals surface area contributed by atoms with E-state index in [-0.39, 0.29) is 5.92 Å². The van der Waals surface area contributed by atoms with Gasteiger partial charge in [-0.2, -0.15) is 9.97 Å². The number of aromatic amines is 1. The zero-order chi connectivity index (χ0) is 14.0. The van der Waals surface area contributed by atoms with E-state index in [1.54, 1.807) is 7.05 Å². The lowest BCUT2D eigenvalue weighted by molar-refractivity contribution is -0.119. The number of hydrogen-bond acceptors (Lipinski definition) is 6. The molecule has 1 unspecified atom stereocenters. The minimum atomic E-state index is -0.508. The number of amides is 1. The highest BCUT2D eigenvalue weighted by Gasteiger charge is 2.21. The molecule has 5 N–H and O–H groups in total. The molecule has 2 heterocycles. The normalized spacial score (nSPS) is 12.6. The van der Waals surface area contributed by atoms with E-state index in [2.05, 4.69) is 30.6 Å². The first-order chi connectivity index (χ1) is 9.02. The number of rotatable bonds is 5. The third-order valence-electron chi connectivity index (χ3n) is 2.77. The number of imidazole rings is 1. The van der Waals surface area contributed by atoms with Crippen molar-refractivity contribution in [2.45, 2.75) is 19.9 Å². The van der Waals surface area contributed by atoms with Crippen molar-refractivity contribution >= 4 is 28.8 Å². The van der Waals surface area contributed by atoms with Gasteiger partial charge in [0.05, 0.1) is 6.33 Å². The zero-order valence-electron chi connectivity index (χ0n) is 11.1. The second-order valence-corrected chi connectivity index (χ2v) is 4.52. The first kappa shape index (κ1) is 13.1. The first-order valence-electron chi connectivity index (χ1n) is 5.97. The molecule has 2 rings (SSSR count). The van der Waals surface area contributed by atoms with Crippen LogP contribution in [-0.2, 0) is 4.79 Å². The fourth-order valence-electron chi connectivity index (χ4n) is 1.76. The molecular weight excluding hydrogens is 246 g/mol. The number of H-pyrrole nitrogens is 1. The van der Waals surface area contributed by atoms with E-state index in [1.165, 1.54) is 6.33 Å². The number of nitrogens with two attached hydrogens (primary N) is 1. The summed E-state index contributed by atoms with van der Waals surface area (Å²) in [6.45, 7) is 3.82. The quantitative estimate of drug-likeness (QED) is 0.616. The summed E-state index contributed by atoms with van der Waals surface area (Å²) in [5.41, 5.74) is 6.56. The van der Waals surface area contributed by atoms with Gasteiger partial charge in [0.15, 0.2) is 11.5 Å². The molecule has 0 aromatic carbocycles. The summed E-state index contributed by atoms with van der Waals surface area (Å²) >= 11 is 0. The maximum atomic E-state index is 11.4. The van der Waals surface area contributed by atoms with E-state index < -0.39 is 11.9 Å². The maximum absolute atomic E-state index is 11.4. The molecule has 2 aromatic heterocycles. The Hall–Kier alpha value is -2.38. The Labute approximate surface area is 110 Å². The number of fused-ring (bicyclic) bond motifs is 1. The van der Waals surface area contributed by atoms with Gasteiger partial charge in [-0.05, 0) is 5.92 Å².